The maximum atomic E-state index is 12.5. The fourth-order valence-corrected chi connectivity index (χ4v) is 2.96. The molecule has 1 aromatic heterocycles. The number of hydrogen-bond donors (Lipinski definition) is 2. The lowest BCUT2D eigenvalue weighted by Crippen LogP contribution is -2.15. The first kappa shape index (κ1) is 16.1. The largest absolute Gasteiger partial charge is 0.338 e. The van der Waals surface area contributed by atoms with Crippen LogP contribution < -0.4 is 5.32 Å². The summed E-state index contributed by atoms with van der Waals surface area (Å²) in [4.78, 5) is 20.4. The molecule has 3 aromatic carbocycles. The molecule has 1 heterocycles. The molecule has 0 saturated heterocycles. The van der Waals surface area contributed by atoms with Crippen molar-refractivity contribution in [2.75, 3.05) is 5.32 Å². The normalized spacial score (nSPS) is 10.8. The van der Waals surface area contributed by atoms with Crippen LogP contribution in [0, 0.1) is 6.92 Å². The van der Waals surface area contributed by atoms with Gasteiger partial charge in [0.15, 0.2) is 0 Å². The van der Waals surface area contributed by atoms with E-state index in [1.807, 2.05) is 79.7 Å². The average molecular weight is 341 g/mol. The summed E-state index contributed by atoms with van der Waals surface area (Å²) in [5.74, 6) is 0.704. The van der Waals surface area contributed by atoms with Crippen LogP contribution in [0.4, 0.5) is 5.69 Å². The summed E-state index contributed by atoms with van der Waals surface area (Å²) >= 11 is 0. The first-order valence-electron chi connectivity index (χ1n) is 8.58. The Morgan fingerprint density at radius 2 is 1.69 bits per heavy atom. The summed E-state index contributed by atoms with van der Waals surface area (Å²) in [5.41, 5.74) is 5.69. The van der Waals surface area contributed by atoms with E-state index in [4.69, 9.17) is 0 Å². The van der Waals surface area contributed by atoms with Gasteiger partial charge in [-0.25, -0.2) is 4.98 Å². The van der Waals surface area contributed by atoms with Crippen molar-refractivity contribution in [3.8, 4) is 11.4 Å². The number of carbonyl (C=O) groups is 1. The molecule has 0 aliphatic carbocycles. The van der Waals surface area contributed by atoms with Gasteiger partial charge in [-0.3, -0.25) is 4.79 Å². The minimum atomic E-state index is -0.0441. The summed E-state index contributed by atoms with van der Waals surface area (Å²) in [6.45, 7) is 2.04. The second-order valence-corrected chi connectivity index (χ2v) is 6.36. The lowest BCUT2D eigenvalue weighted by Gasteiger charge is -2.09. The van der Waals surface area contributed by atoms with E-state index >= 15 is 0 Å². The smallest absolute Gasteiger partial charge is 0.228 e. The van der Waals surface area contributed by atoms with Gasteiger partial charge in [0, 0.05) is 5.56 Å². The van der Waals surface area contributed by atoms with Crippen molar-refractivity contribution in [2.45, 2.75) is 13.3 Å². The molecule has 0 unspecified atom stereocenters. The molecule has 2 N–H and O–H groups in total. The van der Waals surface area contributed by atoms with Gasteiger partial charge in [0.05, 0.1) is 23.1 Å². The summed E-state index contributed by atoms with van der Waals surface area (Å²) < 4.78 is 0. The number of rotatable bonds is 4. The number of H-pyrrole nitrogens is 1. The van der Waals surface area contributed by atoms with Gasteiger partial charge in [-0.1, -0.05) is 54.1 Å². The van der Waals surface area contributed by atoms with Crippen LogP contribution in [0.3, 0.4) is 0 Å². The number of imidazole rings is 1. The molecule has 0 bridgehead atoms. The van der Waals surface area contributed by atoms with Crippen molar-refractivity contribution < 1.29 is 4.79 Å². The second-order valence-electron chi connectivity index (χ2n) is 6.36. The van der Waals surface area contributed by atoms with Gasteiger partial charge < -0.3 is 10.3 Å². The molecule has 4 nitrogen and oxygen atoms in total. The summed E-state index contributed by atoms with van der Waals surface area (Å²) in [7, 11) is 0. The Morgan fingerprint density at radius 3 is 2.50 bits per heavy atom. The molecular weight excluding hydrogens is 322 g/mol. The maximum absolute atomic E-state index is 12.5. The Hall–Kier alpha value is -3.40. The Bertz CT molecular complexity index is 1030. The number of aromatic nitrogens is 2. The Labute approximate surface area is 151 Å². The number of aromatic amines is 1. The molecule has 4 rings (SSSR count). The van der Waals surface area contributed by atoms with Gasteiger partial charge in [-0.05, 0) is 36.8 Å². The SMILES string of the molecule is Cc1ccc(CC(=O)Nc2ccccc2-c2nc3ccccc3[nH]2)cc1. The molecule has 0 saturated carbocycles. The van der Waals surface area contributed by atoms with Gasteiger partial charge >= 0.3 is 0 Å². The maximum Gasteiger partial charge on any atom is 0.228 e. The number of hydrogen-bond acceptors (Lipinski definition) is 2. The molecule has 128 valence electrons. The minimum Gasteiger partial charge on any atom is -0.338 e. The van der Waals surface area contributed by atoms with Crippen molar-refractivity contribution in [3.05, 3.63) is 83.9 Å². The lowest BCUT2D eigenvalue weighted by atomic mass is 10.1. The van der Waals surface area contributed by atoms with Crippen molar-refractivity contribution >= 4 is 22.6 Å². The van der Waals surface area contributed by atoms with Crippen LogP contribution in [0.15, 0.2) is 72.8 Å². The number of fused-ring (bicyclic) bond motifs is 1. The zero-order valence-corrected chi connectivity index (χ0v) is 14.5. The van der Waals surface area contributed by atoms with Gasteiger partial charge in [0.2, 0.25) is 5.91 Å². The predicted octanol–water partition coefficient (Wildman–Crippen LogP) is 4.72. The van der Waals surface area contributed by atoms with Crippen LogP contribution in [0.2, 0.25) is 0 Å². The van der Waals surface area contributed by atoms with Crippen molar-refractivity contribution in [2.24, 2.45) is 0 Å². The number of benzene rings is 3. The highest BCUT2D eigenvalue weighted by Gasteiger charge is 2.12. The van der Waals surface area contributed by atoms with E-state index in [1.165, 1.54) is 5.56 Å². The molecule has 0 aliphatic rings. The number of nitrogens with one attached hydrogen (secondary N) is 2. The molecule has 0 atom stereocenters. The standard InChI is InChI=1S/C22H19N3O/c1-15-10-12-16(13-11-15)14-21(26)23-18-7-3-2-6-17(18)22-24-19-8-4-5-9-20(19)25-22/h2-13H,14H2,1H3,(H,23,26)(H,24,25). The van der Waals surface area contributed by atoms with E-state index in [-0.39, 0.29) is 5.91 Å². The third-order valence-electron chi connectivity index (χ3n) is 4.33. The minimum absolute atomic E-state index is 0.0441. The summed E-state index contributed by atoms with van der Waals surface area (Å²) in [6, 6.07) is 23.6. The lowest BCUT2D eigenvalue weighted by molar-refractivity contribution is -0.115. The van der Waals surface area contributed by atoms with Crippen molar-refractivity contribution in [1.29, 1.82) is 0 Å². The van der Waals surface area contributed by atoms with E-state index in [1.54, 1.807) is 0 Å². The number of aryl methyl sites for hydroxylation is 1. The highest BCUT2D eigenvalue weighted by atomic mass is 16.1. The van der Waals surface area contributed by atoms with Gasteiger partial charge in [0.25, 0.3) is 0 Å². The monoisotopic (exact) mass is 341 g/mol. The van der Waals surface area contributed by atoms with Gasteiger partial charge in [-0.15, -0.1) is 0 Å². The number of carbonyl (C=O) groups excluding carboxylic acids is 1. The highest BCUT2D eigenvalue weighted by molar-refractivity contribution is 5.96. The molecule has 0 radical (unpaired) electrons. The fraction of sp³-hybridized carbons (Fsp3) is 0.0909. The third-order valence-corrected chi connectivity index (χ3v) is 4.33. The Morgan fingerprint density at radius 1 is 0.962 bits per heavy atom. The van der Waals surface area contributed by atoms with E-state index in [2.05, 4.69) is 15.3 Å². The summed E-state index contributed by atoms with van der Waals surface area (Å²) in [6.07, 6.45) is 0.342. The highest BCUT2D eigenvalue weighted by Crippen LogP contribution is 2.27. The number of anilines is 1. The van der Waals surface area contributed by atoms with Crippen LogP contribution in [0.1, 0.15) is 11.1 Å². The Balaban J connectivity index is 1.59. The number of nitrogens with zero attached hydrogens (tertiary/aromatic N) is 1. The molecule has 0 fully saturated rings. The zero-order valence-electron chi connectivity index (χ0n) is 14.5. The number of amides is 1. The quantitative estimate of drug-likeness (QED) is 0.564. The first-order valence-corrected chi connectivity index (χ1v) is 8.58. The van der Waals surface area contributed by atoms with E-state index in [0.717, 1.165) is 33.7 Å². The second kappa shape index (κ2) is 6.84. The summed E-state index contributed by atoms with van der Waals surface area (Å²) in [5, 5.41) is 3.02. The van der Waals surface area contributed by atoms with Crippen molar-refractivity contribution in [3.63, 3.8) is 0 Å². The molecule has 1 amide bonds. The first-order chi connectivity index (χ1) is 12.7. The molecule has 0 spiro atoms. The Kier molecular flexibility index (Phi) is 4.23. The molecule has 0 aliphatic heterocycles. The van der Waals surface area contributed by atoms with Crippen LogP contribution in [0.5, 0.6) is 0 Å². The third kappa shape index (κ3) is 3.35. The fourth-order valence-electron chi connectivity index (χ4n) is 2.96. The zero-order chi connectivity index (χ0) is 17.9. The van der Waals surface area contributed by atoms with Gasteiger partial charge in [-0.2, -0.15) is 0 Å². The molecule has 4 aromatic rings. The molecular formula is C22H19N3O. The predicted molar refractivity (Wildman–Crippen MR) is 105 cm³/mol. The van der Waals surface area contributed by atoms with Crippen LogP contribution >= 0.6 is 0 Å². The van der Waals surface area contributed by atoms with Crippen LogP contribution in [-0.4, -0.2) is 15.9 Å². The van der Waals surface area contributed by atoms with Crippen LogP contribution in [-0.2, 0) is 11.2 Å². The average Bonchev–Trinajstić information content (AvgIpc) is 3.08. The number of para-hydroxylation sites is 3. The topological polar surface area (TPSA) is 57.8 Å². The van der Waals surface area contributed by atoms with Crippen molar-refractivity contribution in [1.82, 2.24) is 9.97 Å². The van der Waals surface area contributed by atoms with Gasteiger partial charge in [0.1, 0.15) is 5.82 Å². The van der Waals surface area contributed by atoms with E-state index < -0.39 is 0 Å². The molecule has 26 heavy (non-hydrogen) atoms. The van der Waals surface area contributed by atoms with E-state index in [0.29, 0.717) is 6.42 Å². The van der Waals surface area contributed by atoms with E-state index in [9.17, 15) is 4.79 Å². The van der Waals surface area contributed by atoms with Crippen LogP contribution in [0.25, 0.3) is 22.4 Å². The molecule has 4 heteroatoms.